The van der Waals surface area contributed by atoms with Crippen molar-refractivity contribution in [2.24, 2.45) is 0 Å². The fraction of sp³-hybridized carbons (Fsp3) is 0.688. The van der Waals surface area contributed by atoms with E-state index in [4.69, 9.17) is 4.74 Å². The highest BCUT2D eigenvalue weighted by Crippen LogP contribution is 2.36. The second-order valence-corrected chi connectivity index (χ2v) is 7.27. The van der Waals surface area contributed by atoms with Crippen LogP contribution in [0.2, 0.25) is 0 Å². The number of carbonyl (C=O) groups excluding carboxylic acids is 1. The van der Waals surface area contributed by atoms with Gasteiger partial charge < -0.3 is 14.6 Å². The van der Waals surface area contributed by atoms with Crippen LogP contribution in [0.5, 0.6) is 0 Å². The molecule has 21 heavy (non-hydrogen) atoms. The molecule has 0 spiro atoms. The highest BCUT2D eigenvalue weighted by atomic mass is 32.2. The molecule has 1 aromatic rings. The summed E-state index contributed by atoms with van der Waals surface area (Å²) < 4.78 is 7.82. The Labute approximate surface area is 130 Å². The van der Waals surface area contributed by atoms with Crippen LogP contribution in [0.25, 0.3) is 0 Å². The Morgan fingerprint density at radius 2 is 2.10 bits per heavy atom. The lowest BCUT2D eigenvalue weighted by atomic mass is 9.87. The average Bonchev–Trinajstić information content (AvgIpc) is 3.20. The van der Waals surface area contributed by atoms with Crippen molar-refractivity contribution in [3.63, 3.8) is 0 Å². The van der Waals surface area contributed by atoms with Crippen LogP contribution in [-0.4, -0.2) is 41.2 Å². The zero-order valence-electron chi connectivity index (χ0n) is 12.4. The molecule has 2 aliphatic heterocycles. The predicted molar refractivity (Wildman–Crippen MR) is 85.6 cm³/mol. The van der Waals surface area contributed by atoms with E-state index < -0.39 is 0 Å². The SMILES string of the molecule is O=C(CC1(n2cccc2)CCSCC1)NCC1CCCO1. The van der Waals surface area contributed by atoms with Crippen molar-refractivity contribution in [1.82, 2.24) is 9.88 Å². The maximum atomic E-state index is 12.4. The van der Waals surface area contributed by atoms with Crippen LogP contribution in [0.4, 0.5) is 0 Å². The normalized spacial score (nSPS) is 24.9. The van der Waals surface area contributed by atoms with Crippen molar-refractivity contribution in [3.8, 4) is 0 Å². The van der Waals surface area contributed by atoms with Gasteiger partial charge in [-0.1, -0.05) is 0 Å². The minimum absolute atomic E-state index is 0.0324. The third-order valence-corrected chi connectivity index (χ3v) is 5.60. The molecule has 1 N–H and O–H groups in total. The first-order chi connectivity index (χ1) is 10.3. The van der Waals surface area contributed by atoms with Crippen molar-refractivity contribution < 1.29 is 9.53 Å². The molecule has 0 aromatic carbocycles. The first-order valence-corrected chi connectivity index (χ1v) is 9.03. The minimum atomic E-state index is -0.0324. The van der Waals surface area contributed by atoms with Gasteiger partial charge in [-0.15, -0.1) is 0 Å². The van der Waals surface area contributed by atoms with Crippen LogP contribution in [0.15, 0.2) is 24.5 Å². The van der Waals surface area contributed by atoms with Gasteiger partial charge in [-0.05, 0) is 49.3 Å². The third kappa shape index (κ3) is 3.64. The predicted octanol–water partition coefficient (Wildman–Crippen LogP) is 2.40. The lowest BCUT2D eigenvalue weighted by Crippen LogP contribution is -2.43. The number of ether oxygens (including phenoxy) is 1. The van der Waals surface area contributed by atoms with Crippen LogP contribution in [0.1, 0.15) is 32.1 Å². The minimum Gasteiger partial charge on any atom is -0.376 e. The van der Waals surface area contributed by atoms with Gasteiger partial charge >= 0.3 is 0 Å². The van der Waals surface area contributed by atoms with Crippen molar-refractivity contribution in [2.75, 3.05) is 24.7 Å². The molecule has 3 heterocycles. The number of amides is 1. The number of aromatic nitrogens is 1. The molecule has 0 radical (unpaired) electrons. The van der Waals surface area contributed by atoms with Crippen molar-refractivity contribution in [3.05, 3.63) is 24.5 Å². The van der Waals surface area contributed by atoms with E-state index in [-0.39, 0.29) is 17.6 Å². The van der Waals surface area contributed by atoms with Gasteiger partial charge in [0, 0.05) is 25.5 Å². The first kappa shape index (κ1) is 15.0. The Kier molecular flexibility index (Phi) is 4.91. The van der Waals surface area contributed by atoms with Crippen molar-refractivity contribution in [1.29, 1.82) is 0 Å². The van der Waals surface area contributed by atoms with Crippen LogP contribution in [0.3, 0.4) is 0 Å². The number of rotatable bonds is 5. The average molecular weight is 308 g/mol. The van der Waals surface area contributed by atoms with Gasteiger partial charge in [0.05, 0.1) is 18.1 Å². The van der Waals surface area contributed by atoms with E-state index in [0.717, 1.165) is 43.8 Å². The number of carbonyl (C=O) groups is 1. The Balaban J connectivity index is 1.60. The number of hydrogen-bond donors (Lipinski definition) is 1. The molecule has 1 unspecified atom stereocenters. The summed E-state index contributed by atoms with van der Waals surface area (Å²) in [6.45, 7) is 1.50. The van der Waals surface area contributed by atoms with Gasteiger partial charge in [-0.25, -0.2) is 0 Å². The number of thioether (sulfide) groups is 1. The standard InChI is InChI=1S/C16H24N2O2S/c19-15(17-13-14-4-3-9-20-14)12-16(5-10-21-11-6-16)18-7-1-2-8-18/h1-2,7-8,14H,3-6,9-13H2,(H,17,19). The van der Waals surface area contributed by atoms with E-state index in [9.17, 15) is 4.79 Å². The molecule has 1 amide bonds. The second kappa shape index (κ2) is 6.88. The maximum Gasteiger partial charge on any atom is 0.222 e. The molecular formula is C16H24N2O2S. The summed E-state index contributed by atoms with van der Waals surface area (Å²) in [7, 11) is 0. The number of hydrogen-bond acceptors (Lipinski definition) is 3. The molecule has 5 heteroatoms. The fourth-order valence-corrected chi connectivity index (χ4v) is 4.58. The molecule has 0 aliphatic carbocycles. The van der Waals surface area contributed by atoms with E-state index in [1.807, 2.05) is 23.9 Å². The van der Waals surface area contributed by atoms with E-state index >= 15 is 0 Å². The molecule has 4 nitrogen and oxygen atoms in total. The van der Waals surface area contributed by atoms with Crippen LogP contribution < -0.4 is 5.32 Å². The molecule has 2 saturated heterocycles. The van der Waals surface area contributed by atoms with Gasteiger partial charge in [0.25, 0.3) is 0 Å². The molecule has 2 fully saturated rings. The number of nitrogens with zero attached hydrogens (tertiary/aromatic N) is 1. The quantitative estimate of drug-likeness (QED) is 0.908. The molecule has 0 saturated carbocycles. The summed E-state index contributed by atoms with van der Waals surface area (Å²) in [6.07, 6.45) is 9.32. The third-order valence-electron chi connectivity index (χ3n) is 4.62. The van der Waals surface area contributed by atoms with Gasteiger partial charge in [0.2, 0.25) is 5.91 Å². The van der Waals surface area contributed by atoms with Crippen molar-refractivity contribution in [2.45, 2.75) is 43.7 Å². The van der Waals surface area contributed by atoms with Crippen LogP contribution in [-0.2, 0) is 15.1 Å². The summed E-state index contributed by atoms with van der Waals surface area (Å²) >= 11 is 1.99. The van der Waals surface area contributed by atoms with Gasteiger partial charge in [0.15, 0.2) is 0 Å². The first-order valence-electron chi connectivity index (χ1n) is 7.88. The maximum absolute atomic E-state index is 12.4. The molecule has 116 valence electrons. The molecule has 1 aromatic heterocycles. The highest BCUT2D eigenvalue weighted by Gasteiger charge is 2.35. The Morgan fingerprint density at radius 1 is 1.33 bits per heavy atom. The largest absolute Gasteiger partial charge is 0.376 e. The van der Waals surface area contributed by atoms with E-state index in [1.165, 1.54) is 0 Å². The molecular weight excluding hydrogens is 284 g/mol. The van der Waals surface area contributed by atoms with Crippen LogP contribution >= 0.6 is 11.8 Å². The number of nitrogens with one attached hydrogen (secondary N) is 1. The summed E-state index contributed by atoms with van der Waals surface area (Å²) in [5, 5.41) is 3.07. The summed E-state index contributed by atoms with van der Waals surface area (Å²) in [6, 6.07) is 4.10. The van der Waals surface area contributed by atoms with E-state index in [2.05, 4.69) is 22.3 Å². The van der Waals surface area contributed by atoms with E-state index in [1.54, 1.807) is 0 Å². The summed E-state index contributed by atoms with van der Waals surface area (Å²) in [5.41, 5.74) is -0.0324. The monoisotopic (exact) mass is 308 g/mol. The summed E-state index contributed by atoms with van der Waals surface area (Å²) in [4.78, 5) is 12.4. The lowest BCUT2D eigenvalue weighted by molar-refractivity contribution is -0.123. The Morgan fingerprint density at radius 3 is 2.76 bits per heavy atom. The summed E-state index contributed by atoms with van der Waals surface area (Å²) in [5.74, 6) is 2.43. The molecule has 0 bridgehead atoms. The zero-order valence-corrected chi connectivity index (χ0v) is 13.2. The van der Waals surface area contributed by atoms with Crippen molar-refractivity contribution >= 4 is 17.7 Å². The molecule has 3 rings (SSSR count). The van der Waals surface area contributed by atoms with E-state index in [0.29, 0.717) is 13.0 Å². The zero-order chi connectivity index (χ0) is 14.5. The van der Waals surface area contributed by atoms with Gasteiger partial charge in [-0.2, -0.15) is 11.8 Å². The Hall–Kier alpha value is -0.940. The smallest absolute Gasteiger partial charge is 0.222 e. The second-order valence-electron chi connectivity index (χ2n) is 6.04. The van der Waals surface area contributed by atoms with Gasteiger partial charge in [-0.3, -0.25) is 4.79 Å². The molecule has 2 aliphatic rings. The molecule has 1 atom stereocenters. The topological polar surface area (TPSA) is 43.3 Å². The Bertz CT molecular complexity index is 449. The lowest BCUT2D eigenvalue weighted by Gasteiger charge is -2.38. The highest BCUT2D eigenvalue weighted by molar-refractivity contribution is 7.99. The van der Waals surface area contributed by atoms with Crippen LogP contribution in [0, 0.1) is 0 Å². The fourth-order valence-electron chi connectivity index (χ4n) is 3.32. The van der Waals surface area contributed by atoms with Gasteiger partial charge in [0.1, 0.15) is 0 Å².